The molecule has 0 unspecified atom stereocenters. The molecule has 1 heterocycles. The van der Waals surface area contributed by atoms with Crippen molar-refractivity contribution < 1.29 is 32.9 Å². The highest BCUT2D eigenvalue weighted by Gasteiger charge is 2.31. The van der Waals surface area contributed by atoms with Crippen LogP contribution in [0.3, 0.4) is 0 Å². The number of hydrogen-bond donors (Lipinski definition) is 0. The Morgan fingerprint density at radius 2 is 1.58 bits per heavy atom. The smallest absolute Gasteiger partial charge is 0.231 e. The average Bonchev–Trinajstić information content (AvgIpc) is 3.15. The van der Waals surface area contributed by atoms with E-state index in [1.807, 2.05) is 6.92 Å². The molecule has 1 aliphatic heterocycles. The van der Waals surface area contributed by atoms with E-state index in [1.165, 1.54) is 33.5 Å². The quantitative estimate of drug-likeness (QED) is 0.452. The molecule has 0 aliphatic carbocycles. The Balaban J connectivity index is 1.62. The first-order chi connectivity index (χ1) is 16.0. The maximum absolute atomic E-state index is 13.1. The molecule has 0 saturated heterocycles. The van der Waals surface area contributed by atoms with E-state index >= 15 is 0 Å². The van der Waals surface area contributed by atoms with E-state index in [-0.39, 0.29) is 24.0 Å². The van der Waals surface area contributed by atoms with E-state index in [4.69, 9.17) is 23.7 Å². The van der Waals surface area contributed by atoms with Gasteiger partial charge in [0.1, 0.15) is 23.9 Å². The van der Waals surface area contributed by atoms with Gasteiger partial charge in [-0.25, -0.2) is 4.39 Å². The Morgan fingerprint density at radius 1 is 0.879 bits per heavy atom. The molecule has 0 bridgehead atoms. The van der Waals surface area contributed by atoms with Crippen molar-refractivity contribution in [1.29, 1.82) is 0 Å². The Kier molecular flexibility index (Phi) is 6.22. The van der Waals surface area contributed by atoms with E-state index in [9.17, 15) is 9.18 Å². The van der Waals surface area contributed by atoms with Gasteiger partial charge in [-0.15, -0.1) is 0 Å². The van der Waals surface area contributed by atoms with E-state index in [1.54, 1.807) is 42.5 Å². The van der Waals surface area contributed by atoms with E-state index in [2.05, 4.69) is 0 Å². The number of carbonyl (C=O) groups excluding carboxylic acids is 1. The van der Waals surface area contributed by atoms with Crippen LogP contribution in [0.15, 0.2) is 54.3 Å². The summed E-state index contributed by atoms with van der Waals surface area (Å²) in [6, 6.07) is 13.0. The lowest BCUT2D eigenvalue weighted by Gasteiger charge is -2.14. The highest BCUT2D eigenvalue weighted by molar-refractivity contribution is 6.15. The number of allylic oxidation sites excluding steroid dienone is 1. The molecule has 0 atom stereocenters. The molecule has 4 rings (SSSR count). The van der Waals surface area contributed by atoms with Gasteiger partial charge in [0, 0.05) is 11.1 Å². The third-order valence-electron chi connectivity index (χ3n) is 5.37. The summed E-state index contributed by atoms with van der Waals surface area (Å²) >= 11 is 0. The topological polar surface area (TPSA) is 63.2 Å². The molecular formula is C26H23FO6. The zero-order chi connectivity index (χ0) is 23.5. The third-order valence-corrected chi connectivity index (χ3v) is 5.37. The van der Waals surface area contributed by atoms with Crippen LogP contribution in [-0.2, 0) is 6.61 Å². The molecule has 3 aromatic rings. The highest BCUT2D eigenvalue weighted by Crippen LogP contribution is 2.43. The lowest BCUT2D eigenvalue weighted by atomic mass is 10.1. The Hall–Kier alpha value is -4.00. The maximum atomic E-state index is 13.1. The standard InChI is InChI=1S/C26H23FO6/c1-15-20(32-14-16-5-8-18(27)9-6-16)12-10-19-23(28)22(33-24(15)19)13-17-7-11-21(29-2)26(31-4)25(17)30-3/h5-13H,14H2,1-4H3/b22-13-. The normalized spacial score (nSPS) is 13.5. The number of rotatable bonds is 7. The molecular weight excluding hydrogens is 427 g/mol. The van der Waals surface area contributed by atoms with Gasteiger partial charge in [0.2, 0.25) is 11.5 Å². The summed E-state index contributed by atoms with van der Waals surface area (Å²) in [4.78, 5) is 13.0. The molecule has 6 nitrogen and oxygen atoms in total. The maximum Gasteiger partial charge on any atom is 0.231 e. The second-order valence-electron chi connectivity index (χ2n) is 7.34. The summed E-state index contributed by atoms with van der Waals surface area (Å²) in [5.41, 5.74) is 2.59. The van der Waals surface area contributed by atoms with Crippen LogP contribution in [0, 0.1) is 12.7 Å². The fourth-order valence-electron chi connectivity index (χ4n) is 3.65. The third kappa shape index (κ3) is 4.22. The van der Waals surface area contributed by atoms with Crippen molar-refractivity contribution in [2.75, 3.05) is 21.3 Å². The van der Waals surface area contributed by atoms with Gasteiger partial charge in [0.05, 0.1) is 26.9 Å². The van der Waals surface area contributed by atoms with Crippen molar-refractivity contribution in [3.05, 3.63) is 82.4 Å². The Labute approximate surface area is 191 Å². The minimum absolute atomic E-state index is 0.161. The van der Waals surface area contributed by atoms with Crippen molar-refractivity contribution >= 4 is 11.9 Å². The van der Waals surface area contributed by atoms with Crippen molar-refractivity contribution in [2.45, 2.75) is 13.5 Å². The minimum Gasteiger partial charge on any atom is -0.493 e. The fourth-order valence-corrected chi connectivity index (χ4v) is 3.65. The second-order valence-corrected chi connectivity index (χ2v) is 7.34. The van der Waals surface area contributed by atoms with Crippen LogP contribution in [0.1, 0.15) is 27.0 Å². The Bertz CT molecular complexity index is 1230. The van der Waals surface area contributed by atoms with Crippen LogP contribution in [0.25, 0.3) is 6.08 Å². The molecule has 0 amide bonds. The van der Waals surface area contributed by atoms with Crippen LogP contribution < -0.4 is 23.7 Å². The van der Waals surface area contributed by atoms with Gasteiger partial charge in [0.25, 0.3) is 0 Å². The number of benzene rings is 3. The molecule has 0 spiro atoms. The van der Waals surface area contributed by atoms with Gasteiger partial charge in [-0.1, -0.05) is 12.1 Å². The lowest BCUT2D eigenvalue weighted by Crippen LogP contribution is -2.00. The number of hydrogen-bond acceptors (Lipinski definition) is 6. The van der Waals surface area contributed by atoms with Gasteiger partial charge in [-0.05, 0) is 55.0 Å². The van der Waals surface area contributed by atoms with Crippen molar-refractivity contribution in [1.82, 2.24) is 0 Å². The molecule has 0 N–H and O–H groups in total. The van der Waals surface area contributed by atoms with E-state index < -0.39 is 0 Å². The molecule has 0 saturated carbocycles. The monoisotopic (exact) mass is 450 g/mol. The van der Waals surface area contributed by atoms with Crippen LogP contribution >= 0.6 is 0 Å². The molecule has 0 fully saturated rings. The summed E-state index contributed by atoms with van der Waals surface area (Å²) in [6.45, 7) is 2.09. The number of halogens is 1. The van der Waals surface area contributed by atoms with Crippen LogP contribution in [0.5, 0.6) is 28.7 Å². The molecule has 0 aromatic heterocycles. The minimum atomic E-state index is -0.301. The number of Topliss-reactive ketones (excluding diaryl/α,β-unsaturated/α-hetero) is 1. The first-order valence-corrected chi connectivity index (χ1v) is 10.2. The number of ketones is 1. The van der Waals surface area contributed by atoms with Crippen molar-refractivity contribution in [3.63, 3.8) is 0 Å². The first kappa shape index (κ1) is 22.2. The van der Waals surface area contributed by atoms with Crippen LogP contribution in [0.4, 0.5) is 4.39 Å². The average molecular weight is 450 g/mol. The Morgan fingerprint density at radius 3 is 2.24 bits per heavy atom. The molecule has 3 aromatic carbocycles. The fraction of sp³-hybridized carbons (Fsp3) is 0.192. The summed E-state index contributed by atoms with van der Waals surface area (Å²) in [6.07, 6.45) is 1.61. The van der Waals surface area contributed by atoms with Gasteiger partial charge in [0.15, 0.2) is 17.3 Å². The SMILES string of the molecule is COc1ccc(/C=C2\Oc3c(ccc(OCc4ccc(F)cc4)c3C)C2=O)c(OC)c1OC. The van der Waals surface area contributed by atoms with Crippen molar-refractivity contribution in [3.8, 4) is 28.7 Å². The molecule has 0 radical (unpaired) electrons. The van der Waals surface area contributed by atoms with Gasteiger partial charge in [-0.3, -0.25) is 4.79 Å². The predicted octanol–water partition coefficient (Wildman–Crippen LogP) is 5.36. The summed E-state index contributed by atoms with van der Waals surface area (Å²) in [5, 5.41) is 0. The second kappa shape index (κ2) is 9.24. The summed E-state index contributed by atoms with van der Waals surface area (Å²) in [5.74, 6) is 2.01. The molecule has 33 heavy (non-hydrogen) atoms. The van der Waals surface area contributed by atoms with E-state index in [0.29, 0.717) is 45.4 Å². The number of methoxy groups -OCH3 is 3. The van der Waals surface area contributed by atoms with E-state index in [0.717, 1.165) is 5.56 Å². The van der Waals surface area contributed by atoms with Crippen LogP contribution in [-0.4, -0.2) is 27.1 Å². The predicted molar refractivity (Wildman–Crippen MR) is 121 cm³/mol. The molecule has 7 heteroatoms. The summed E-state index contributed by atoms with van der Waals surface area (Å²) in [7, 11) is 4.57. The van der Waals surface area contributed by atoms with Crippen molar-refractivity contribution in [2.24, 2.45) is 0 Å². The highest BCUT2D eigenvalue weighted by atomic mass is 19.1. The molecule has 1 aliphatic rings. The number of carbonyl (C=O) groups is 1. The first-order valence-electron chi connectivity index (χ1n) is 10.2. The summed E-state index contributed by atoms with van der Waals surface area (Å²) < 4.78 is 41.2. The van der Waals surface area contributed by atoms with Gasteiger partial charge >= 0.3 is 0 Å². The van der Waals surface area contributed by atoms with Gasteiger partial charge < -0.3 is 23.7 Å². The zero-order valence-electron chi connectivity index (χ0n) is 18.7. The lowest BCUT2D eigenvalue weighted by molar-refractivity contribution is 0.101. The van der Waals surface area contributed by atoms with Gasteiger partial charge in [-0.2, -0.15) is 0 Å². The largest absolute Gasteiger partial charge is 0.493 e. The molecule has 170 valence electrons. The number of ether oxygens (including phenoxy) is 5. The number of fused-ring (bicyclic) bond motifs is 1. The van der Waals surface area contributed by atoms with Crippen LogP contribution in [0.2, 0.25) is 0 Å². The zero-order valence-corrected chi connectivity index (χ0v) is 18.7.